The summed E-state index contributed by atoms with van der Waals surface area (Å²) < 4.78 is 4.90. The fourth-order valence-electron chi connectivity index (χ4n) is 1.86. The van der Waals surface area contributed by atoms with E-state index in [-0.39, 0.29) is 6.03 Å². The third kappa shape index (κ3) is 4.32. The normalized spacial score (nSPS) is 14.7. The summed E-state index contributed by atoms with van der Waals surface area (Å²) in [6, 6.07) is -0.250. The molecule has 0 unspecified atom stereocenters. The highest BCUT2D eigenvalue weighted by atomic mass is 32.1. The Balaban J connectivity index is 1.74. The number of nitrogens with zero attached hydrogens (tertiary/aromatic N) is 3. The van der Waals surface area contributed by atoms with Crippen LogP contribution in [0.1, 0.15) is 19.3 Å². The van der Waals surface area contributed by atoms with Gasteiger partial charge in [0.2, 0.25) is 10.3 Å². The van der Waals surface area contributed by atoms with Crippen molar-refractivity contribution in [3.05, 3.63) is 0 Å². The van der Waals surface area contributed by atoms with Gasteiger partial charge in [0.1, 0.15) is 0 Å². The molecule has 19 heavy (non-hydrogen) atoms. The highest BCUT2D eigenvalue weighted by Crippen LogP contribution is 2.26. The van der Waals surface area contributed by atoms with Crippen molar-refractivity contribution < 1.29 is 9.53 Å². The second kappa shape index (κ2) is 7.25. The Morgan fingerprint density at radius 3 is 2.95 bits per heavy atom. The van der Waals surface area contributed by atoms with Gasteiger partial charge in [-0.05, 0) is 19.3 Å². The lowest BCUT2D eigenvalue weighted by molar-refractivity contribution is 0.194. The summed E-state index contributed by atoms with van der Waals surface area (Å²) in [4.78, 5) is 13.8. The molecule has 0 aliphatic carbocycles. The van der Waals surface area contributed by atoms with E-state index in [0.717, 1.165) is 24.6 Å². The van der Waals surface area contributed by atoms with Crippen LogP contribution in [-0.2, 0) is 4.74 Å². The van der Waals surface area contributed by atoms with Crippen molar-refractivity contribution in [2.24, 2.45) is 0 Å². The van der Waals surface area contributed by atoms with Gasteiger partial charge < -0.3 is 15.0 Å². The molecule has 1 aromatic rings. The third-order valence-electron chi connectivity index (χ3n) is 2.82. The minimum atomic E-state index is -0.250. The molecule has 0 atom stereocenters. The molecule has 1 saturated heterocycles. The Labute approximate surface area is 116 Å². The first-order valence-electron chi connectivity index (χ1n) is 6.42. The maximum atomic E-state index is 11.6. The summed E-state index contributed by atoms with van der Waals surface area (Å²) in [7, 11) is 1.64. The number of rotatable bonds is 6. The quantitative estimate of drug-likeness (QED) is 0.770. The average Bonchev–Trinajstić information content (AvgIpc) is 3.04. The fourth-order valence-corrected chi connectivity index (χ4v) is 2.65. The molecule has 0 bridgehead atoms. The minimum Gasteiger partial charge on any atom is -0.385 e. The van der Waals surface area contributed by atoms with Crippen LogP contribution >= 0.6 is 11.3 Å². The summed E-state index contributed by atoms with van der Waals surface area (Å²) in [6.07, 6.45) is 3.18. The van der Waals surface area contributed by atoms with Crippen molar-refractivity contribution in [1.82, 2.24) is 15.5 Å². The van der Waals surface area contributed by atoms with E-state index in [2.05, 4.69) is 25.7 Å². The first-order valence-corrected chi connectivity index (χ1v) is 7.23. The molecule has 0 radical (unpaired) electrons. The van der Waals surface area contributed by atoms with Crippen LogP contribution in [0.3, 0.4) is 0 Å². The molecule has 0 spiro atoms. The van der Waals surface area contributed by atoms with Gasteiger partial charge in [0.05, 0.1) is 0 Å². The molecule has 8 heteroatoms. The Morgan fingerprint density at radius 1 is 1.42 bits per heavy atom. The third-order valence-corrected chi connectivity index (χ3v) is 3.72. The Bertz CT molecular complexity index is 406. The molecule has 1 aliphatic rings. The largest absolute Gasteiger partial charge is 0.385 e. The zero-order valence-corrected chi connectivity index (χ0v) is 11.8. The van der Waals surface area contributed by atoms with Crippen molar-refractivity contribution in [2.45, 2.75) is 19.3 Å². The van der Waals surface area contributed by atoms with Gasteiger partial charge in [-0.25, -0.2) is 4.79 Å². The topological polar surface area (TPSA) is 79.4 Å². The van der Waals surface area contributed by atoms with Crippen molar-refractivity contribution in [3.63, 3.8) is 0 Å². The van der Waals surface area contributed by atoms with Crippen molar-refractivity contribution in [1.29, 1.82) is 0 Å². The highest BCUT2D eigenvalue weighted by Gasteiger charge is 2.17. The van der Waals surface area contributed by atoms with Crippen LogP contribution in [0.4, 0.5) is 15.1 Å². The predicted octanol–water partition coefficient (Wildman–Crippen LogP) is 1.30. The summed E-state index contributed by atoms with van der Waals surface area (Å²) >= 11 is 1.41. The molecule has 2 heterocycles. The van der Waals surface area contributed by atoms with E-state index in [1.807, 2.05) is 0 Å². The van der Waals surface area contributed by atoms with Crippen LogP contribution < -0.4 is 15.5 Å². The minimum absolute atomic E-state index is 0.250. The van der Waals surface area contributed by atoms with Gasteiger partial charge in [-0.1, -0.05) is 11.3 Å². The molecule has 1 aromatic heterocycles. The molecule has 2 N–H and O–H groups in total. The molecule has 0 saturated carbocycles. The van der Waals surface area contributed by atoms with Gasteiger partial charge in [0.25, 0.3) is 0 Å². The van der Waals surface area contributed by atoms with E-state index in [1.165, 1.54) is 24.2 Å². The Morgan fingerprint density at radius 2 is 2.21 bits per heavy atom. The monoisotopic (exact) mass is 285 g/mol. The summed E-state index contributed by atoms with van der Waals surface area (Å²) in [6.45, 7) is 3.27. The van der Waals surface area contributed by atoms with E-state index < -0.39 is 0 Å². The number of hydrogen-bond acceptors (Lipinski definition) is 6. The number of nitrogens with one attached hydrogen (secondary N) is 2. The van der Waals surface area contributed by atoms with E-state index in [9.17, 15) is 4.79 Å². The maximum Gasteiger partial charge on any atom is 0.321 e. The number of ether oxygens (including phenoxy) is 1. The molecule has 2 amide bonds. The van der Waals surface area contributed by atoms with Crippen LogP contribution in [0.25, 0.3) is 0 Å². The number of hydrogen-bond donors (Lipinski definition) is 2. The number of urea groups is 1. The molecular formula is C11H19N5O2S. The molecule has 1 aliphatic heterocycles. The van der Waals surface area contributed by atoms with Crippen LogP contribution in [-0.4, -0.2) is 49.6 Å². The lowest BCUT2D eigenvalue weighted by Gasteiger charge is -2.10. The van der Waals surface area contributed by atoms with Crippen molar-refractivity contribution in [3.8, 4) is 0 Å². The molecule has 0 aromatic carbocycles. The molecular weight excluding hydrogens is 266 g/mol. The first-order chi connectivity index (χ1) is 9.29. The highest BCUT2D eigenvalue weighted by molar-refractivity contribution is 7.19. The van der Waals surface area contributed by atoms with Crippen LogP contribution in [0, 0.1) is 0 Å². The molecule has 1 fully saturated rings. The smallest absolute Gasteiger partial charge is 0.321 e. The zero-order valence-electron chi connectivity index (χ0n) is 11.0. The maximum absolute atomic E-state index is 11.6. The van der Waals surface area contributed by atoms with Gasteiger partial charge in [-0.15, -0.1) is 10.2 Å². The van der Waals surface area contributed by atoms with E-state index in [4.69, 9.17) is 4.74 Å². The lowest BCUT2D eigenvalue weighted by Crippen LogP contribution is -2.29. The van der Waals surface area contributed by atoms with E-state index >= 15 is 0 Å². The number of anilines is 2. The second-order valence-corrected chi connectivity index (χ2v) is 5.27. The zero-order chi connectivity index (χ0) is 13.5. The number of aromatic nitrogens is 2. The number of methoxy groups -OCH3 is 1. The van der Waals surface area contributed by atoms with E-state index in [0.29, 0.717) is 18.3 Å². The van der Waals surface area contributed by atoms with Crippen LogP contribution in [0.15, 0.2) is 0 Å². The van der Waals surface area contributed by atoms with Crippen molar-refractivity contribution in [2.75, 3.05) is 43.6 Å². The molecule has 2 rings (SSSR count). The Kier molecular flexibility index (Phi) is 5.34. The van der Waals surface area contributed by atoms with Gasteiger partial charge in [0.15, 0.2) is 0 Å². The van der Waals surface area contributed by atoms with E-state index in [1.54, 1.807) is 7.11 Å². The van der Waals surface area contributed by atoms with Gasteiger partial charge in [-0.3, -0.25) is 5.32 Å². The number of amides is 2. The van der Waals surface area contributed by atoms with Gasteiger partial charge >= 0.3 is 6.03 Å². The molecule has 106 valence electrons. The van der Waals surface area contributed by atoms with Crippen LogP contribution in [0.2, 0.25) is 0 Å². The second-order valence-electron chi connectivity index (χ2n) is 4.31. The Hall–Kier alpha value is -1.41. The SMILES string of the molecule is COCCCNC(=O)Nc1nnc(N2CCCC2)s1. The standard InChI is InChI=1S/C11H19N5O2S/c1-18-8-4-5-12-9(17)13-10-14-15-11(19-10)16-6-2-3-7-16/h2-8H2,1H3,(H2,12,13,14,17). The molecule has 7 nitrogen and oxygen atoms in total. The number of carbonyl (C=O) groups is 1. The summed E-state index contributed by atoms with van der Waals surface area (Å²) in [5, 5.41) is 14.9. The first kappa shape index (κ1) is 14.0. The van der Waals surface area contributed by atoms with Gasteiger partial charge in [-0.2, -0.15) is 0 Å². The van der Waals surface area contributed by atoms with Gasteiger partial charge in [0, 0.05) is 33.4 Å². The van der Waals surface area contributed by atoms with Crippen LogP contribution in [0.5, 0.6) is 0 Å². The average molecular weight is 285 g/mol. The fraction of sp³-hybridized carbons (Fsp3) is 0.727. The number of carbonyl (C=O) groups excluding carboxylic acids is 1. The summed E-state index contributed by atoms with van der Waals surface area (Å²) in [5.41, 5.74) is 0. The summed E-state index contributed by atoms with van der Waals surface area (Å²) in [5.74, 6) is 0. The predicted molar refractivity (Wildman–Crippen MR) is 74.9 cm³/mol. The lowest BCUT2D eigenvalue weighted by atomic mass is 10.4. The van der Waals surface area contributed by atoms with Crippen molar-refractivity contribution >= 4 is 27.6 Å².